The van der Waals surface area contributed by atoms with Crippen molar-refractivity contribution in [1.29, 1.82) is 0 Å². The standard InChI is InChI=1S/C19H21ClN4O2/c1-13(22-23-19(26)14-4-6-15(20)7-5-14)12-18(25)21-16-8-10-17(11-9-16)24(2)3/h4-11H,12H2,1-3H3,(H,21,25)(H,23,26)/b22-13-. The number of hydrogen-bond acceptors (Lipinski definition) is 4. The zero-order chi connectivity index (χ0) is 19.1. The van der Waals surface area contributed by atoms with Crippen LogP contribution in [0.3, 0.4) is 0 Å². The van der Waals surface area contributed by atoms with Crippen molar-refractivity contribution >= 4 is 40.5 Å². The van der Waals surface area contributed by atoms with Crippen LogP contribution in [0.1, 0.15) is 23.7 Å². The van der Waals surface area contributed by atoms with E-state index < -0.39 is 0 Å². The average Bonchev–Trinajstić information content (AvgIpc) is 2.60. The van der Waals surface area contributed by atoms with Crippen molar-refractivity contribution in [2.75, 3.05) is 24.3 Å². The number of nitrogens with zero attached hydrogens (tertiary/aromatic N) is 2. The van der Waals surface area contributed by atoms with Gasteiger partial charge in [0, 0.05) is 41.8 Å². The van der Waals surface area contributed by atoms with Crippen molar-refractivity contribution in [3.8, 4) is 0 Å². The van der Waals surface area contributed by atoms with E-state index in [4.69, 9.17) is 11.6 Å². The number of anilines is 2. The lowest BCUT2D eigenvalue weighted by molar-refractivity contribution is -0.115. The van der Waals surface area contributed by atoms with Gasteiger partial charge in [-0.2, -0.15) is 5.10 Å². The Morgan fingerprint density at radius 3 is 2.23 bits per heavy atom. The van der Waals surface area contributed by atoms with Crippen molar-refractivity contribution < 1.29 is 9.59 Å². The van der Waals surface area contributed by atoms with Crippen molar-refractivity contribution in [1.82, 2.24) is 5.43 Å². The topological polar surface area (TPSA) is 73.8 Å². The maximum absolute atomic E-state index is 12.1. The third kappa shape index (κ3) is 5.89. The maximum atomic E-state index is 12.1. The lowest BCUT2D eigenvalue weighted by atomic mass is 10.2. The van der Waals surface area contributed by atoms with Gasteiger partial charge in [0.15, 0.2) is 0 Å². The SMILES string of the molecule is C/C(CC(=O)Nc1ccc(N(C)C)cc1)=N/NC(=O)c1ccc(Cl)cc1. The molecular formula is C19H21ClN4O2. The van der Waals surface area contributed by atoms with Crippen molar-refractivity contribution in [3.05, 3.63) is 59.1 Å². The van der Waals surface area contributed by atoms with Crippen LogP contribution in [0.2, 0.25) is 5.02 Å². The smallest absolute Gasteiger partial charge is 0.271 e. The molecule has 0 aliphatic heterocycles. The van der Waals surface area contributed by atoms with E-state index in [-0.39, 0.29) is 18.2 Å². The van der Waals surface area contributed by atoms with E-state index in [9.17, 15) is 9.59 Å². The highest BCUT2D eigenvalue weighted by Crippen LogP contribution is 2.15. The summed E-state index contributed by atoms with van der Waals surface area (Å²) in [7, 11) is 3.90. The summed E-state index contributed by atoms with van der Waals surface area (Å²) < 4.78 is 0. The third-order valence-corrected chi connectivity index (χ3v) is 3.79. The lowest BCUT2D eigenvalue weighted by Gasteiger charge is -2.13. The highest BCUT2D eigenvalue weighted by molar-refractivity contribution is 6.30. The number of carbonyl (C=O) groups excluding carboxylic acids is 2. The molecule has 0 radical (unpaired) electrons. The van der Waals surface area contributed by atoms with Crippen LogP contribution < -0.4 is 15.6 Å². The van der Waals surface area contributed by atoms with Gasteiger partial charge >= 0.3 is 0 Å². The molecular weight excluding hydrogens is 352 g/mol. The molecule has 2 N–H and O–H groups in total. The van der Waals surface area contributed by atoms with Crippen LogP contribution in [0.15, 0.2) is 53.6 Å². The van der Waals surface area contributed by atoms with Crippen LogP contribution in [-0.2, 0) is 4.79 Å². The third-order valence-electron chi connectivity index (χ3n) is 3.54. The van der Waals surface area contributed by atoms with Crippen LogP contribution in [-0.4, -0.2) is 31.6 Å². The molecule has 0 fully saturated rings. The molecule has 0 atom stereocenters. The molecule has 0 aromatic heterocycles. The number of hydrazone groups is 1. The summed E-state index contributed by atoms with van der Waals surface area (Å²) in [5.41, 5.74) is 5.12. The molecule has 0 saturated heterocycles. The van der Waals surface area contributed by atoms with E-state index >= 15 is 0 Å². The summed E-state index contributed by atoms with van der Waals surface area (Å²) in [6, 6.07) is 14.0. The minimum Gasteiger partial charge on any atom is -0.378 e. The Kier molecular flexibility index (Phi) is 6.74. The molecule has 0 spiro atoms. The van der Waals surface area contributed by atoms with Gasteiger partial charge < -0.3 is 10.2 Å². The first-order valence-corrected chi connectivity index (χ1v) is 8.39. The molecule has 2 rings (SSSR count). The Labute approximate surface area is 157 Å². The Morgan fingerprint density at radius 1 is 1.04 bits per heavy atom. The summed E-state index contributed by atoms with van der Waals surface area (Å²) in [6.07, 6.45) is 0.0797. The molecule has 0 unspecified atom stereocenters. The molecule has 2 amide bonds. The normalized spacial score (nSPS) is 11.0. The van der Waals surface area contributed by atoms with E-state index in [0.29, 0.717) is 22.0 Å². The van der Waals surface area contributed by atoms with E-state index in [0.717, 1.165) is 5.69 Å². The van der Waals surface area contributed by atoms with Gasteiger partial charge in [-0.1, -0.05) is 11.6 Å². The van der Waals surface area contributed by atoms with Crippen LogP contribution in [0.25, 0.3) is 0 Å². The van der Waals surface area contributed by atoms with E-state index in [1.165, 1.54) is 0 Å². The Balaban J connectivity index is 1.86. The number of benzene rings is 2. The molecule has 0 aliphatic carbocycles. The second-order valence-electron chi connectivity index (χ2n) is 5.96. The number of rotatable bonds is 6. The molecule has 2 aromatic rings. The fourth-order valence-electron chi connectivity index (χ4n) is 2.13. The summed E-state index contributed by atoms with van der Waals surface area (Å²) in [6.45, 7) is 1.68. The second kappa shape index (κ2) is 9.01. The minimum absolute atomic E-state index is 0.0797. The van der Waals surface area contributed by atoms with Crippen molar-refractivity contribution in [2.45, 2.75) is 13.3 Å². The molecule has 2 aromatic carbocycles. The summed E-state index contributed by atoms with van der Waals surface area (Å²) in [5.74, 6) is -0.565. The Bertz CT molecular complexity index is 799. The fraction of sp³-hybridized carbons (Fsp3) is 0.211. The van der Waals surface area contributed by atoms with Crippen LogP contribution >= 0.6 is 11.6 Å². The van der Waals surface area contributed by atoms with E-state index in [2.05, 4.69) is 15.8 Å². The minimum atomic E-state index is -0.360. The molecule has 0 bridgehead atoms. The molecule has 0 aliphatic rings. The number of carbonyl (C=O) groups is 2. The summed E-state index contributed by atoms with van der Waals surface area (Å²) >= 11 is 5.79. The highest BCUT2D eigenvalue weighted by atomic mass is 35.5. The fourth-order valence-corrected chi connectivity index (χ4v) is 2.26. The van der Waals surface area contributed by atoms with Gasteiger partial charge in [0.05, 0.1) is 6.42 Å². The first-order chi connectivity index (χ1) is 12.3. The van der Waals surface area contributed by atoms with Gasteiger partial charge in [-0.3, -0.25) is 9.59 Å². The van der Waals surface area contributed by atoms with Crippen LogP contribution in [0.5, 0.6) is 0 Å². The maximum Gasteiger partial charge on any atom is 0.271 e. The number of nitrogens with one attached hydrogen (secondary N) is 2. The van der Waals surface area contributed by atoms with Gasteiger partial charge in [-0.25, -0.2) is 5.43 Å². The summed E-state index contributed by atoms with van der Waals surface area (Å²) in [4.78, 5) is 26.0. The van der Waals surface area contributed by atoms with E-state index in [1.807, 2.05) is 43.3 Å². The molecule has 7 heteroatoms. The zero-order valence-corrected chi connectivity index (χ0v) is 15.7. The number of hydrogen-bond donors (Lipinski definition) is 2. The van der Waals surface area contributed by atoms with Crippen LogP contribution in [0.4, 0.5) is 11.4 Å². The van der Waals surface area contributed by atoms with E-state index in [1.54, 1.807) is 31.2 Å². The number of amides is 2. The monoisotopic (exact) mass is 372 g/mol. The van der Waals surface area contributed by atoms with Gasteiger partial charge in [0.25, 0.3) is 5.91 Å². The number of halogens is 1. The molecule has 0 saturated carbocycles. The Morgan fingerprint density at radius 2 is 1.65 bits per heavy atom. The quantitative estimate of drug-likeness (QED) is 0.601. The highest BCUT2D eigenvalue weighted by Gasteiger charge is 2.07. The molecule has 0 heterocycles. The van der Waals surface area contributed by atoms with Gasteiger partial charge in [0.2, 0.25) is 5.91 Å². The van der Waals surface area contributed by atoms with Crippen molar-refractivity contribution in [3.63, 3.8) is 0 Å². The Hall–Kier alpha value is -2.86. The molecule has 136 valence electrons. The average molecular weight is 373 g/mol. The molecule has 26 heavy (non-hydrogen) atoms. The van der Waals surface area contributed by atoms with Crippen molar-refractivity contribution in [2.24, 2.45) is 5.10 Å². The largest absolute Gasteiger partial charge is 0.378 e. The van der Waals surface area contributed by atoms with Gasteiger partial charge in [-0.05, 0) is 55.5 Å². The van der Waals surface area contributed by atoms with Gasteiger partial charge in [0.1, 0.15) is 0 Å². The first kappa shape index (κ1) is 19.5. The zero-order valence-electron chi connectivity index (χ0n) is 14.9. The summed E-state index contributed by atoms with van der Waals surface area (Å²) in [5, 5.41) is 7.31. The second-order valence-corrected chi connectivity index (χ2v) is 6.40. The lowest BCUT2D eigenvalue weighted by Crippen LogP contribution is -2.21. The van der Waals surface area contributed by atoms with Crippen LogP contribution in [0, 0.1) is 0 Å². The first-order valence-electron chi connectivity index (χ1n) is 8.01. The molecule has 6 nitrogen and oxygen atoms in total. The predicted octanol–water partition coefficient (Wildman–Crippen LogP) is 3.54. The predicted molar refractivity (Wildman–Crippen MR) is 106 cm³/mol. The van der Waals surface area contributed by atoms with Gasteiger partial charge in [-0.15, -0.1) is 0 Å².